The third-order valence-corrected chi connectivity index (χ3v) is 6.04. The molecule has 29 heavy (non-hydrogen) atoms. The van der Waals surface area contributed by atoms with Crippen LogP contribution >= 0.6 is 22.9 Å². The van der Waals surface area contributed by atoms with Crippen molar-refractivity contribution in [2.45, 2.75) is 19.9 Å². The average Bonchev–Trinajstić information content (AvgIpc) is 3.09. The molecule has 1 aromatic heterocycles. The van der Waals surface area contributed by atoms with Crippen LogP contribution in [0.5, 0.6) is 0 Å². The first-order chi connectivity index (χ1) is 14.0. The SMILES string of the molecule is Cc1nc(Nc2ccc(Cl)cc2)sc1C(=O)N[C@H](C)c1ccc2ccccc2c1. The van der Waals surface area contributed by atoms with Gasteiger partial charge >= 0.3 is 0 Å². The molecule has 146 valence electrons. The van der Waals surface area contributed by atoms with Crippen LogP contribution in [0.4, 0.5) is 10.8 Å². The van der Waals surface area contributed by atoms with Gasteiger partial charge in [-0.1, -0.05) is 59.3 Å². The molecular weight excluding hydrogens is 402 g/mol. The molecule has 0 aliphatic rings. The van der Waals surface area contributed by atoms with Crippen LogP contribution in [0.1, 0.15) is 33.9 Å². The van der Waals surface area contributed by atoms with Crippen molar-refractivity contribution < 1.29 is 4.79 Å². The number of aryl methyl sites for hydroxylation is 1. The summed E-state index contributed by atoms with van der Waals surface area (Å²) in [7, 11) is 0. The lowest BCUT2D eigenvalue weighted by atomic mass is 10.0. The number of halogens is 1. The normalized spacial score (nSPS) is 12.0. The molecule has 4 nitrogen and oxygen atoms in total. The molecule has 2 N–H and O–H groups in total. The molecule has 0 unspecified atom stereocenters. The Labute approximate surface area is 178 Å². The van der Waals surface area contributed by atoms with Gasteiger partial charge in [-0.05, 0) is 60.5 Å². The van der Waals surface area contributed by atoms with Gasteiger partial charge in [0.25, 0.3) is 5.91 Å². The molecule has 4 aromatic rings. The second kappa shape index (κ2) is 8.23. The Morgan fingerprint density at radius 2 is 1.76 bits per heavy atom. The number of thiazole rings is 1. The van der Waals surface area contributed by atoms with Gasteiger partial charge in [0.2, 0.25) is 0 Å². The monoisotopic (exact) mass is 421 g/mol. The second-order valence-corrected chi connectivity index (χ2v) is 8.30. The van der Waals surface area contributed by atoms with Crippen molar-refractivity contribution in [2.24, 2.45) is 0 Å². The Kier molecular flexibility index (Phi) is 5.51. The smallest absolute Gasteiger partial charge is 0.263 e. The molecule has 1 heterocycles. The third-order valence-electron chi connectivity index (χ3n) is 4.72. The van der Waals surface area contributed by atoms with E-state index in [-0.39, 0.29) is 11.9 Å². The predicted octanol–water partition coefficient (Wildman–Crippen LogP) is 6.49. The van der Waals surface area contributed by atoms with Gasteiger partial charge in [0.05, 0.1) is 11.7 Å². The van der Waals surface area contributed by atoms with Gasteiger partial charge in [0.1, 0.15) is 4.88 Å². The topological polar surface area (TPSA) is 54.0 Å². The zero-order valence-electron chi connectivity index (χ0n) is 16.1. The molecule has 6 heteroatoms. The molecule has 0 saturated carbocycles. The lowest BCUT2D eigenvalue weighted by Crippen LogP contribution is -2.26. The molecular formula is C23H20ClN3OS. The highest BCUT2D eigenvalue weighted by molar-refractivity contribution is 7.17. The highest BCUT2D eigenvalue weighted by Crippen LogP contribution is 2.27. The molecule has 0 bridgehead atoms. The Morgan fingerprint density at radius 1 is 1.03 bits per heavy atom. The van der Waals surface area contributed by atoms with Gasteiger partial charge in [-0.25, -0.2) is 4.98 Å². The number of hydrogen-bond acceptors (Lipinski definition) is 4. The van der Waals surface area contributed by atoms with Crippen molar-refractivity contribution in [2.75, 3.05) is 5.32 Å². The van der Waals surface area contributed by atoms with E-state index in [1.165, 1.54) is 16.7 Å². The Morgan fingerprint density at radius 3 is 2.52 bits per heavy atom. The first kappa shape index (κ1) is 19.4. The molecule has 0 aliphatic heterocycles. The van der Waals surface area contributed by atoms with E-state index >= 15 is 0 Å². The molecule has 4 rings (SSSR count). The summed E-state index contributed by atoms with van der Waals surface area (Å²) in [4.78, 5) is 17.9. The van der Waals surface area contributed by atoms with Crippen molar-refractivity contribution in [3.63, 3.8) is 0 Å². The van der Waals surface area contributed by atoms with Crippen LogP contribution in [0.25, 0.3) is 10.8 Å². The number of fused-ring (bicyclic) bond motifs is 1. The maximum absolute atomic E-state index is 12.8. The van der Waals surface area contributed by atoms with Gasteiger partial charge in [-0.2, -0.15) is 0 Å². The summed E-state index contributed by atoms with van der Waals surface area (Å²) in [6.07, 6.45) is 0. The molecule has 1 atom stereocenters. The standard InChI is InChI=1S/C23H20ClN3OS/c1-14(17-8-7-16-5-3-4-6-18(16)13-17)25-22(28)21-15(2)26-23(29-21)27-20-11-9-19(24)10-12-20/h3-14H,1-2H3,(H,25,28)(H,26,27)/t14-/m1/s1. The van der Waals surface area contributed by atoms with Gasteiger partial charge in [-0.3, -0.25) is 4.79 Å². The van der Waals surface area contributed by atoms with Crippen molar-refractivity contribution in [3.8, 4) is 0 Å². The average molecular weight is 422 g/mol. The van der Waals surface area contributed by atoms with Gasteiger partial charge in [0.15, 0.2) is 5.13 Å². The van der Waals surface area contributed by atoms with Crippen molar-refractivity contribution >= 4 is 50.4 Å². The molecule has 0 spiro atoms. The van der Waals surface area contributed by atoms with Crippen LogP contribution in [0.2, 0.25) is 5.02 Å². The summed E-state index contributed by atoms with van der Waals surface area (Å²) >= 11 is 7.26. The maximum atomic E-state index is 12.8. The minimum atomic E-state index is -0.121. The van der Waals surface area contributed by atoms with Gasteiger partial charge in [-0.15, -0.1) is 0 Å². The lowest BCUT2D eigenvalue weighted by Gasteiger charge is -2.14. The first-order valence-corrected chi connectivity index (χ1v) is 10.5. The fourth-order valence-electron chi connectivity index (χ4n) is 3.14. The van der Waals surface area contributed by atoms with Crippen molar-refractivity contribution in [3.05, 3.63) is 87.9 Å². The number of anilines is 2. The number of nitrogens with one attached hydrogen (secondary N) is 2. The van der Waals surface area contributed by atoms with E-state index in [1.807, 2.05) is 50.2 Å². The summed E-state index contributed by atoms with van der Waals surface area (Å²) in [5.41, 5.74) is 2.65. The lowest BCUT2D eigenvalue weighted by molar-refractivity contribution is 0.0943. The third kappa shape index (κ3) is 4.42. The zero-order valence-corrected chi connectivity index (χ0v) is 17.6. The van der Waals surface area contributed by atoms with Crippen LogP contribution in [0.15, 0.2) is 66.7 Å². The molecule has 0 fully saturated rings. The molecule has 1 amide bonds. The minimum Gasteiger partial charge on any atom is -0.345 e. The summed E-state index contributed by atoms with van der Waals surface area (Å²) in [6, 6.07) is 21.7. The van der Waals surface area contributed by atoms with Crippen LogP contribution in [0.3, 0.4) is 0 Å². The number of amides is 1. The highest BCUT2D eigenvalue weighted by atomic mass is 35.5. The fourth-order valence-corrected chi connectivity index (χ4v) is 4.16. The van der Waals surface area contributed by atoms with E-state index in [0.29, 0.717) is 20.7 Å². The number of carbonyl (C=O) groups excluding carboxylic acids is 1. The number of carbonyl (C=O) groups is 1. The van der Waals surface area contributed by atoms with E-state index < -0.39 is 0 Å². The van der Waals surface area contributed by atoms with Gasteiger partial charge in [0, 0.05) is 10.7 Å². The van der Waals surface area contributed by atoms with E-state index in [2.05, 4.69) is 45.9 Å². The molecule has 0 radical (unpaired) electrons. The minimum absolute atomic E-state index is 0.110. The Balaban J connectivity index is 1.48. The quantitative estimate of drug-likeness (QED) is 0.387. The van der Waals surface area contributed by atoms with E-state index in [1.54, 1.807) is 0 Å². The summed E-state index contributed by atoms with van der Waals surface area (Å²) in [5, 5.41) is 10.0. The van der Waals surface area contributed by atoms with Crippen LogP contribution in [-0.2, 0) is 0 Å². The predicted molar refractivity (Wildman–Crippen MR) is 121 cm³/mol. The summed E-state index contributed by atoms with van der Waals surface area (Å²) < 4.78 is 0. The number of benzene rings is 3. The number of rotatable bonds is 5. The maximum Gasteiger partial charge on any atom is 0.263 e. The Bertz CT molecular complexity index is 1170. The number of aromatic nitrogens is 1. The summed E-state index contributed by atoms with van der Waals surface area (Å²) in [5.74, 6) is -0.121. The van der Waals surface area contributed by atoms with Crippen LogP contribution in [-0.4, -0.2) is 10.9 Å². The van der Waals surface area contributed by atoms with Crippen LogP contribution < -0.4 is 10.6 Å². The molecule has 3 aromatic carbocycles. The van der Waals surface area contributed by atoms with E-state index in [0.717, 1.165) is 16.6 Å². The van der Waals surface area contributed by atoms with Crippen LogP contribution in [0, 0.1) is 6.92 Å². The zero-order chi connectivity index (χ0) is 20.4. The molecule has 0 saturated heterocycles. The second-order valence-electron chi connectivity index (χ2n) is 6.87. The van der Waals surface area contributed by atoms with E-state index in [4.69, 9.17) is 11.6 Å². The first-order valence-electron chi connectivity index (χ1n) is 9.29. The van der Waals surface area contributed by atoms with Gasteiger partial charge < -0.3 is 10.6 Å². The van der Waals surface area contributed by atoms with Crippen molar-refractivity contribution in [1.82, 2.24) is 10.3 Å². The molecule has 0 aliphatic carbocycles. The number of nitrogens with zero attached hydrogens (tertiary/aromatic N) is 1. The van der Waals surface area contributed by atoms with E-state index in [9.17, 15) is 4.79 Å². The summed E-state index contributed by atoms with van der Waals surface area (Å²) in [6.45, 7) is 3.84. The fraction of sp³-hybridized carbons (Fsp3) is 0.130. The Hall–Kier alpha value is -2.89. The highest BCUT2D eigenvalue weighted by Gasteiger charge is 2.18. The number of hydrogen-bond donors (Lipinski definition) is 2. The largest absolute Gasteiger partial charge is 0.345 e. The van der Waals surface area contributed by atoms with Crippen molar-refractivity contribution in [1.29, 1.82) is 0 Å².